The van der Waals surface area contributed by atoms with E-state index in [-0.39, 0.29) is 5.54 Å². The van der Waals surface area contributed by atoms with E-state index < -0.39 is 0 Å². The summed E-state index contributed by atoms with van der Waals surface area (Å²) in [7, 11) is 0. The van der Waals surface area contributed by atoms with E-state index in [0.29, 0.717) is 5.25 Å². The summed E-state index contributed by atoms with van der Waals surface area (Å²) in [6.07, 6.45) is 3.90. The summed E-state index contributed by atoms with van der Waals surface area (Å²) in [5, 5.41) is 4.86. The number of anilines is 1. The van der Waals surface area contributed by atoms with Gasteiger partial charge in [-0.05, 0) is 39.4 Å². The number of nitrogens with one attached hydrogen (secondary N) is 1. The zero-order chi connectivity index (χ0) is 11.6. The van der Waals surface area contributed by atoms with Crippen LogP contribution in [0.15, 0.2) is 0 Å². The number of hydrogen-bond acceptors (Lipinski definition) is 5. The summed E-state index contributed by atoms with van der Waals surface area (Å²) in [6, 6.07) is 0. The molecular formula is C11H19N3S2. The molecule has 1 atom stereocenters. The molecule has 1 aromatic rings. The molecule has 16 heavy (non-hydrogen) atoms. The van der Waals surface area contributed by atoms with Gasteiger partial charge in [0.15, 0.2) is 5.82 Å². The molecule has 1 unspecified atom stereocenters. The predicted octanol–water partition coefficient (Wildman–Crippen LogP) is 3.71. The molecule has 90 valence electrons. The maximum atomic E-state index is 4.59. The summed E-state index contributed by atoms with van der Waals surface area (Å²) >= 11 is 3.49. The number of hydrogen-bond donors (Lipinski definition) is 1. The minimum absolute atomic E-state index is 0.0660. The van der Waals surface area contributed by atoms with Gasteiger partial charge in [-0.1, -0.05) is 6.42 Å². The normalized spacial score (nSPS) is 22.1. The maximum absolute atomic E-state index is 4.59. The van der Waals surface area contributed by atoms with Crippen molar-refractivity contribution in [1.82, 2.24) is 9.36 Å². The van der Waals surface area contributed by atoms with E-state index in [1.54, 1.807) is 0 Å². The highest BCUT2D eigenvalue weighted by Gasteiger charge is 2.21. The first kappa shape index (κ1) is 12.2. The lowest BCUT2D eigenvalue weighted by Gasteiger charge is -2.19. The SMILES string of the molecule is CC(C)(C)Nc1nc(C2CCCCS2)ns1. The molecule has 0 radical (unpaired) electrons. The average molecular weight is 257 g/mol. The lowest BCUT2D eigenvalue weighted by Crippen LogP contribution is -2.25. The second kappa shape index (κ2) is 4.92. The summed E-state index contributed by atoms with van der Waals surface area (Å²) in [4.78, 5) is 4.59. The maximum Gasteiger partial charge on any atom is 0.203 e. The molecule has 0 aromatic carbocycles. The standard InChI is InChI=1S/C11H19N3S2/c1-11(2,3)13-10-12-9(14-16-10)8-6-4-5-7-15-8/h8H,4-7H2,1-3H3,(H,12,13,14). The molecule has 0 saturated carbocycles. The van der Waals surface area contributed by atoms with Gasteiger partial charge in [0, 0.05) is 17.1 Å². The lowest BCUT2D eigenvalue weighted by molar-refractivity contribution is 0.631. The van der Waals surface area contributed by atoms with Crippen molar-refractivity contribution in [2.24, 2.45) is 0 Å². The topological polar surface area (TPSA) is 37.8 Å². The van der Waals surface area contributed by atoms with Crippen molar-refractivity contribution in [2.45, 2.75) is 50.8 Å². The van der Waals surface area contributed by atoms with E-state index in [0.717, 1.165) is 11.0 Å². The third-order valence-corrected chi connectivity index (χ3v) is 4.41. The highest BCUT2D eigenvalue weighted by Crippen LogP contribution is 2.37. The molecule has 1 saturated heterocycles. The first-order valence-electron chi connectivity index (χ1n) is 5.78. The number of aromatic nitrogens is 2. The van der Waals surface area contributed by atoms with E-state index in [1.165, 1.54) is 36.5 Å². The van der Waals surface area contributed by atoms with Crippen LogP contribution in [0.5, 0.6) is 0 Å². The second-order valence-corrected chi connectivity index (χ2v) is 7.25. The van der Waals surface area contributed by atoms with Gasteiger partial charge in [0.2, 0.25) is 5.13 Å². The quantitative estimate of drug-likeness (QED) is 0.876. The summed E-state index contributed by atoms with van der Waals surface area (Å²) in [5.74, 6) is 2.28. The smallest absolute Gasteiger partial charge is 0.203 e. The number of rotatable bonds is 2. The Morgan fingerprint density at radius 2 is 2.12 bits per heavy atom. The van der Waals surface area contributed by atoms with Gasteiger partial charge >= 0.3 is 0 Å². The molecule has 3 nitrogen and oxygen atoms in total. The van der Waals surface area contributed by atoms with Gasteiger partial charge in [0.1, 0.15) is 0 Å². The van der Waals surface area contributed by atoms with E-state index in [2.05, 4.69) is 35.4 Å². The van der Waals surface area contributed by atoms with Crippen molar-refractivity contribution in [2.75, 3.05) is 11.1 Å². The Kier molecular flexibility index (Phi) is 3.74. The largest absolute Gasteiger partial charge is 0.356 e. The van der Waals surface area contributed by atoms with Crippen molar-refractivity contribution < 1.29 is 0 Å². The van der Waals surface area contributed by atoms with Crippen LogP contribution in [0.1, 0.15) is 51.1 Å². The summed E-state index contributed by atoms with van der Waals surface area (Å²) < 4.78 is 4.47. The van der Waals surface area contributed by atoms with Crippen LogP contribution >= 0.6 is 23.3 Å². The van der Waals surface area contributed by atoms with Gasteiger partial charge in [-0.15, -0.1) is 0 Å². The van der Waals surface area contributed by atoms with Crippen molar-refractivity contribution in [3.63, 3.8) is 0 Å². The van der Waals surface area contributed by atoms with Crippen LogP contribution in [0, 0.1) is 0 Å². The molecule has 0 bridgehead atoms. The highest BCUT2D eigenvalue weighted by atomic mass is 32.2. The van der Waals surface area contributed by atoms with Crippen molar-refractivity contribution in [3.8, 4) is 0 Å². The van der Waals surface area contributed by atoms with Gasteiger partial charge in [-0.25, -0.2) is 4.98 Å². The van der Waals surface area contributed by atoms with Crippen LogP contribution in [-0.4, -0.2) is 20.6 Å². The van der Waals surface area contributed by atoms with Gasteiger partial charge in [0.25, 0.3) is 0 Å². The fourth-order valence-electron chi connectivity index (χ4n) is 1.68. The molecule has 1 aliphatic heterocycles. The Bertz CT molecular complexity index is 337. The summed E-state index contributed by atoms with van der Waals surface area (Å²) in [6.45, 7) is 6.43. The van der Waals surface area contributed by atoms with Gasteiger partial charge in [-0.3, -0.25) is 0 Å². The zero-order valence-electron chi connectivity index (χ0n) is 10.1. The third kappa shape index (κ3) is 3.35. The van der Waals surface area contributed by atoms with E-state index in [4.69, 9.17) is 0 Å². The Morgan fingerprint density at radius 3 is 2.75 bits per heavy atom. The lowest BCUT2D eigenvalue weighted by atomic mass is 10.1. The van der Waals surface area contributed by atoms with Crippen molar-refractivity contribution in [3.05, 3.63) is 5.82 Å². The van der Waals surface area contributed by atoms with E-state index in [1.807, 2.05) is 11.8 Å². The molecule has 0 amide bonds. The van der Waals surface area contributed by atoms with Crippen molar-refractivity contribution >= 4 is 28.4 Å². The van der Waals surface area contributed by atoms with Gasteiger partial charge < -0.3 is 5.32 Å². The molecule has 1 aromatic heterocycles. The Labute approximate surface area is 106 Å². The molecule has 1 fully saturated rings. The Hall–Kier alpha value is -0.290. The molecule has 0 spiro atoms. The minimum Gasteiger partial charge on any atom is -0.356 e. The Balaban J connectivity index is 2.01. The first-order valence-corrected chi connectivity index (χ1v) is 7.60. The minimum atomic E-state index is 0.0660. The second-order valence-electron chi connectivity index (χ2n) is 5.19. The Morgan fingerprint density at radius 1 is 1.31 bits per heavy atom. The molecule has 2 heterocycles. The van der Waals surface area contributed by atoms with Crippen LogP contribution in [-0.2, 0) is 0 Å². The monoisotopic (exact) mass is 257 g/mol. The fourth-order valence-corrected chi connectivity index (χ4v) is 3.83. The fraction of sp³-hybridized carbons (Fsp3) is 0.818. The van der Waals surface area contributed by atoms with E-state index in [9.17, 15) is 0 Å². The molecular weight excluding hydrogens is 238 g/mol. The van der Waals surface area contributed by atoms with Crippen LogP contribution in [0.25, 0.3) is 0 Å². The first-order chi connectivity index (χ1) is 7.54. The molecule has 5 heteroatoms. The van der Waals surface area contributed by atoms with Crippen LogP contribution in [0.2, 0.25) is 0 Å². The van der Waals surface area contributed by atoms with Gasteiger partial charge in [-0.2, -0.15) is 16.1 Å². The molecule has 0 aliphatic carbocycles. The predicted molar refractivity (Wildman–Crippen MR) is 72.3 cm³/mol. The van der Waals surface area contributed by atoms with Crippen LogP contribution in [0.4, 0.5) is 5.13 Å². The van der Waals surface area contributed by atoms with Crippen LogP contribution in [0.3, 0.4) is 0 Å². The summed E-state index contributed by atoms with van der Waals surface area (Å²) in [5.41, 5.74) is 0.0660. The van der Waals surface area contributed by atoms with Gasteiger partial charge in [0.05, 0.1) is 5.25 Å². The van der Waals surface area contributed by atoms with Crippen molar-refractivity contribution in [1.29, 1.82) is 0 Å². The number of thioether (sulfide) groups is 1. The third-order valence-electron chi connectivity index (χ3n) is 2.39. The van der Waals surface area contributed by atoms with Crippen LogP contribution < -0.4 is 5.32 Å². The zero-order valence-corrected chi connectivity index (χ0v) is 11.7. The van der Waals surface area contributed by atoms with E-state index >= 15 is 0 Å². The molecule has 2 rings (SSSR count). The molecule has 1 aliphatic rings. The molecule has 1 N–H and O–H groups in total. The number of nitrogens with zero attached hydrogens (tertiary/aromatic N) is 2. The highest BCUT2D eigenvalue weighted by molar-refractivity contribution is 7.99. The average Bonchev–Trinajstić information content (AvgIpc) is 2.65.